The van der Waals surface area contributed by atoms with Gasteiger partial charge in [0.25, 0.3) is 10.0 Å². The van der Waals surface area contributed by atoms with Gasteiger partial charge in [0.15, 0.2) is 5.03 Å². The number of hydrogen-bond acceptors (Lipinski definition) is 4. The van der Waals surface area contributed by atoms with E-state index in [0.29, 0.717) is 18.8 Å². The summed E-state index contributed by atoms with van der Waals surface area (Å²) >= 11 is 1.80. The summed E-state index contributed by atoms with van der Waals surface area (Å²) in [5.41, 5.74) is 0. The number of aromatic amines is 1. The first kappa shape index (κ1) is 12.9. The molecular weight excluding hydrogens is 258 g/mol. The van der Waals surface area contributed by atoms with Crippen molar-refractivity contribution in [2.24, 2.45) is 0 Å². The largest absolute Gasteiger partial charge is 0.332 e. The van der Waals surface area contributed by atoms with Crippen molar-refractivity contribution in [1.82, 2.24) is 14.3 Å². The normalized spacial score (nSPS) is 22.8. The van der Waals surface area contributed by atoms with E-state index in [-0.39, 0.29) is 11.1 Å². The van der Waals surface area contributed by atoms with Gasteiger partial charge in [-0.15, -0.1) is 0 Å². The minimum absolute atomic E-state index is 0.0483. The highest BCUT2D eigenvalue weighted by Crippen LogP contribution is 2.23. The topological polar surface area (TPSA) is 66.1 Å². The van der Waals surface area contributed by atoms with Crippen molar-refractivity contribution in [2.45, 2.75) is 31.3 Å². The van der Waals surface area contributed by atoms with Crippen molar-refractivity contribution >= 4 is 21.8 Å². The average molecular weight is 275 g/mol. The fourth-order valence-electron chi connectivity index (χ4n) is 1.85. The molecule has 0 radical (unpaired) electrons. The van der Waals surface area contributed by atoms with E-state index in [1.807, 2.05) is 13.8 Å². The Hall–Kier alpha value is -0.530. The van der Waals surface area contributed by atoms with Crippen molar-refractivity contribution in [1.29, 1.82) is 0 Å². The Balaban J connectivity index is 2.28. The van der Waals surface area contributed by atoms with Crippen molar-refractivity contribution in [3.05, 3.63) is 12.0 Å². The predicted molar refractivity (Wildman–Crippen MR) is 68.6 cm³/mol. The summed E-state index contributed by atoms with van der Waals surface area (Å²) in [6.07, 6.45) is 2.13. The summed E-state index contributed by atoms with van der Waals surface area (Å²) in [6.45, 7) is 4.46. The maximum absolute atomic E-state index is 12.4. The van der Waals surface area contributed by atoms with Gasteiger partial charge in [0.05, 0.1) is 6.20 Å². The molecule has 0 bridgehead atoms. The first-order valence-electron chi connectivity index (χ1n) is 5.69. The fourth-order valence-corrected chi connectivity index (χ4v) is 4.64. The lowest BCUT2D eigenvalue weighted by molar-refractivity contribution is 0.366. The van der Waals surface area contributed by atoms with Crippen LogP contribution in [0.2, 0.25) is 0 Å². The molecule has 1 unspecified atom stereocenters. The summed E-state index contributed by atoms with van der Waals surface area (Å²) < 4.78 is 26.3. The molecule has 2 rings (SSSR count). The zero-order valence-electron chi connectivity index (χ0n) is 10.0. The summed E-state index contributed by atoms with van der Waals surface area (Å²) in [4.78, 5) is 6.93. The molecule has 1 aromatic rings. The standard InChI is InChI=1S/C10H17N3O2S2/c1-3-9-11-6-10(12-9)17(14,15)13-4-5-16-7-8(13)2/h6,8H,3-5,7H2,1-2H3,(H,11,12). The molecule has 1 N–H and O–H groups in total. The third-order valence-corrected chi connectivity index (χ3v) is 5.95. The lowest BCUT2D eigenvalue weighted by Gasteiger charge is -2.31. The summed E-state index contributed by atoms with van der Waals surface area (Å²) in [5.74, 6) is 2.43. The predicted octanol–water partition coefficient (Wildman–Crippen LogP) is 1.10. The second-order valence-electron chi connectivity index (χ2n) is 4.09. The van der Waals surface area contributed by atoms with Gasteiger partial charge in [-0.25, -0.2) is 13.4 Å². The van der Waals surface area contributed by atoms with Gasteiger partial charge in [-0.1, -0.05) is 6.92 Å². The number of rotatable bonds is 3. The molecule has 5 nitrogen and oxygen atoms in total. The highest BCUT2D eigenvalue weighted by molar-refractivity contribution is 7.99. The molecule has 0 aliphatic carbocycles. The van der Waals surface area contributed by atoms with E-state index in [0.717, 1.165) is 11.5 Å². The maximum Gasteiger partial charge on any atom is 0.260 e. The molecular formula is C10H17N3O2S2. The van der Waals surface area contributed by atoms with Gasteiger partial charge in [0.1, 0.15) is 5.82 Å². The van der Waals surface area contributed by atoms with Gasteiger partial charge in [-0.05, 0) is 6.92 Å². The van der Waals surface area contributed by atoms with Crippen LogP contribution >= 0.6 is 11.8 Å². The first-order chi connectivity index (χ1) is 8.05. The number of sulfonamides is 1. The van der Waals surface area contributed by atoms with E-state index in [4.69, 9.17) is 0 Å². The van der Waals surface area contributed by atoms with E-state index in [2.05, 4.69) is 9.97 Å². The third kappa shape index (κ3) is 2.51. The monoisotopic (exact) mass is 275 g/mol. The first-order valence-corrected chi connectivity index (χ1v) is 8.28. The van der Waals surface area contributed by atoms with Crippen LogP contribution in [0.15, 0.2) is 11.2 Å². The molecule has 0 amide bonds. The van der Waals surface area contributed by atoms with Gasteiger partial charge in [0.2, 0.25) is 0 Å². The Kier molecular flexibility index (Phi) is 3.79. The number of thioether (sulfide) groups is 1. The lowest BCUT2D eigenvalue weighted by atomic mass is 10.4. The van der Waals surface area contributed by atoms with Crippen molar-refractivity contribution in [2.75, 3.05) is 18.1 Å². The van der Waals surface area contributed by atoms with Gasteiger partial charge < -0.3 is 4.98 Å². The minimum atomic E-state index is -3.40. The van der Waals surface area contributed by atoms with Crippen molar-refractivity contribution < 1.29 is 8.42 Å². The van der Waals surface area contributed by atoms with Crippen molar-refractivity contribution in [3.8, 4) is 0 Å². The summed E-state index contributed by atoms with van der Waals surface area (Å²) in [7, 11) is -3.40. The van der Waals surface area contributed by atoms with Crippen LogP contribution in [0.3, 0.4) is 0 Å². The van der Waals surface area contributed by atoms with Gasteiger partial charge in [0, 0.05) is 30.5 Å². The van der Waals surface area contributed by atoms with Crippen LogP contribution in [0.4, 0.5) is 0 Å². The van der Waals surface area contributed by atoms with Crippen LogP contribution in [-0.4, -0.2) is 46.8 Å². The molecule has 1 saturated heterocycles. The van der Waals surface area contributed by atoms with E-state index in [1.165, 1.54) is 6.20 Å². The molecule has 17 heavy (non-hydrogen) atoms. The Bertz CT molecular complexity index is 483. The molecule has 0 saturated carbocycles. The number of nitrogens with zero attached hydrogens (tertiary/aromatic N) is 2. The Morgan fingerprint density at radius 2 is 2.41 bits per heavy atom. The van der Waals surface area contributed by atoms with Gasteiger partial charge >= 0.3 is 0 Å². The van der Waals surface area contributed by atoms with E-state index in [9.17, 15) is 8.42 Å². The van der Waals surface area contributed by atoms with Crippen LogP contribution in [0.25, 0.3) is 0 Å². The smallest absolute Gasteiger partial charge is 0.260 e. The van der Waals surface area contributed by atoms with E-state index in [1.54, 1.807) is 16.1 Å². The average Bonchev–Trinajstić information content (AvgIpc) is 2.78. The summed E-state index contributed by atoms with van der Waals surface area (Å²) in [5, 5.41) is 0.216. The molecule has 1 fully saturated rings. The van der Waals surface area contributed by atoms with E-state index >= 15 is 0 Å². The number of hydrogen-bond donors (Lipinski definition) is 1. The van der Waals surface area contributed by atoms with Crippen LogP contribution in [0.1, 0.15) is 19.7 Å². The number of nitrogens with one attached hydrogen (secondary N) is 1. The SMILES string of the molecule is CCc1ncc(S(=O)(=O)N2CCSCC2C)[nH]1. The third-order valence-electron chi connectivity index (χ3n) is 2.83. The number of imidazole rings is 1. The second kappa shape index (κ2) is 4.99. The highest BCUT2D eigenvalue weighted by Gasteiger charge is 2.32. The van der Waals surface area contributed by atoms with Crippen molar-refractivity contribution in [3.63, 3.8) is 0 Å². The molecule has 1 aliphatic rings. The number of aryl methyl sites for hydroxylation is 1. The zero-order chi connectivity index (χ0) is 12.5. The zero-order valence-corrected chi connectivity index (χ0v) is 11.6. The number of H-pyrrole nitrogens is 1. The van der Waals surface area contributed by atoms with Gasteiger partial charge in [-0.3, -0.25) is 0 Å². The van der Waals surface area contributed by atoms with Crippen LogP contribution in [0, 0.1) is 0 Å². The minimum Gasteiger partial charge on any atom is -0.332 e. The molecule has 96 valence electrons. The van der Waals surface area contributed by atoms with Crippen LogP contribution in [0.5, 0.6) is 0 Å². The Labute approximate surface area is 106 Å². The molecule has 2 heterocycles. The molecule has 1 aliphatic heterocycles. The second-order valence-corrected chi connectivity index (χ2v) is 7.10. The van der Waals surface area contributed by atoms with Crippen LogP contribution in [-0.2, 0) is 16.4 Å². The fraction of sp³-hybridized carbons (Fsp3) is 0.700. The lowest BCUT2D eigenvalue weighted by Crippen LogP contribution is -2.44. The quantitative estimate of drug-likeness (QED) is 0.897. The number of aromatic nitrogens is 2. The van der Waals surface area contributed by atoms with Crippen LogP contribution < -0.4 is 0 Å². The van der Waals surface area contributed by atoms with Gasteiger partial charge in [-0.2, -0.15) is 16.1 Å². The molecule has 0 spiro atoms. The molecule has 1 aromatic heterocycles. The molecule has 7 heteroatoms. The molecule has 0 aromatic carbocycles. The molecule has 1 atom stereocenters. The highest BCUT2D eigenvalue weighted by atomic mass is 32.2. The Morgan fingerprint density at radius 1 is 1.65 bits per heavy atom. The Morgan fingerprint density at radius 3 is 3.00 bits per heavy atom. The summed E-state index contributed by atoms with van der Waals surface area (Å²) in [6, 6.07) is 0.0483. The maximum atomic E-state index is 12.4. The van der Waals surface area contributed by atoms with E-state index < -0.39 is 10.0 Å².